The molecule has 0 saturated heterocycles. The van der Waals surface area contributed by atoms with Gasteiger partial charge in [0.1, 0.15) is 0 Å². The van der Waals surface area contributed by atoms with Crippen LogP contribution in [0.3, 0.4) is 0 Å². The number of hydrogen-bond acceptors (Lipinski definition) is 3. The maximum absolute atomic E-state index is 13.4. The smallest absolute Gasteiger partial charge is 0.221 e. The summed E-state index contributed by atoms with van der Waals surface area (Å²) in [6, 6.07) is 10.9. The number of anilines is 2. The van der Waals surface area contributed by atoms with Gasteiger partial charge in [-0.15, -0.1) is 0 Å². The summed E-state index contributed by atoms with van der Waals surface area (Å²) in [7, 11) is 0. The standard InChI is InChI=1S/C16H13F2N3O/c1-10(22)21-16-7-14(18)13(17)6-15(16)20-9-12-5-3-2-4-11(12)8-19/h2-7,20H,9H2,1H3,(H,21,22). The van der Waals surface area contributed by atoms with Crippen LogP contribution >= 0.6 is 0 Å². The van der Waals surface area contributed by atoms with Crippen LogP contribution in [-0.4, -0.2) is 5.91 Å². The highest BCUT2D eigenvalue weighted by Crippen LogP contribution is 2.26. The van der Waals surface area contributed by atoms with Crippen molar-refractivity contribution >= 4 is 17.3 Å². The highest BCUT2D eigenvalue weighted by atomic mass is 19.2. The lowest BCUT2D eigenvalue weighted by Gasteiger charge is -2.13. The first-order valence-electron chi connectivity index (χ1n) is 6.49. The molecule has 2 rings (SSSR count). The van der Waals surface area contributed by atoms with Crippen molar-refractivity contribution in [3.63, 3.8) is 0 Å². The van der Waals surface area contributed by atoms with Crippen molar-refractivity contribution in [2.75, 3.05) is 10.6 Å². The molecule has 0 spiro atoms. The minimum Gasteiger partial charge on any atom is -0.379 e. The van der Waals surface area contributed by atoms with E-state index < -0.39 is 17.5 Å². The molecule has 0 aliphatic rings. The molecule has 0 saturated carbocycles. The molecule has 6 heteroatoms. The van der Waals surface area contributed by atoms with Gasteiger partial charge in [-0.3, -0.25) is 4.79 Å². The van der Waals surface area contributed by atoms with Gasteiger partial charge in [0.25, 0.3) is 0 Å². The number of hydrogen-bond donors (Lipinski definition) is 2. The number of rotatable bonds is 4. The summed E-state index contributed by atoms with van der Waals surface area (Å²) in [5.41, 5.74) is 1.57. The number of nitrogens with one attached hydrogen (secondary N) is 2. The molecule has 0 unspecified atom stereocenters. The maximum Gasteiger partial charge on any atom is 0.221 e. The van der Waals surface area contributed by atoms with Crippen molar-refractivity contribution in [1.29, 1.82) is 5.26 Å². The minimum absolute atomic E-state index is 0.140. The molecule has 2 N–H and O–H groups in total. The second-order valence-corrected chi connectivity index (χ2v) is 4.62. The van der Waals surface area contributed by atoms with Crippen molar-refractivity contribution in [1.82, 2.24) is 0 Å². The molecule has 0 aliphatic carbocycles. The Labute approximate surface area is 126 Å². The first-order chi connectivity index (χ1) is 10.5. The molecule has 0 heterocycles. The fraction of sp³-hybridized carbons (Fsp3) is 0.125. The van der Waals surface area contributed by atoms with Crippen molar-refractivity contribution < 1.29 is 13.6 Å². The van der Waals surface area contributed by atoms with Crippen molar-refractivity contribution in [3.05, 3.63) is 59.2 Å². The van der Waals surface area contributed by atoms with E-state index in [1.165, 1.54) is 6.92 Å². The Bertz CT molecular complexity index is 754. The van der Waals surface area contributed by atoms with E-state index in [0.717, 1.165) is 12.1 Å². The zero-order chi connectivity index (χ0) is 16.1. The Morgan fingerprint density at radius 1 is 1.18 bits per heavy atom. The predicted molar refractivity (Wildman–Crippen MR) is 79.1 cm³/mol. The third-order valence-corrected chi connectivity index (χ3v) is 2.98. The fourth-order valence-corrected chi connectivity index (χ4v) is 1.96. The number of carbonyl (C=O) groups is 1. The van der Waals surface area contributed by atoms with Crippen LogP contribution in [0.25, 0.3) is 0 Å². The van der Waals surface area contributed by atoms with Gasteiger partial charge < -0.3 is 10.6 Å². The molecule has 4 nitrogen and oxygen atoms in total. The Morgan fingerprint density at radius 3 is 2.45 bits per heavy atom. The molecule has 2 aromatic rings. The monoisotopic (exact) mass is 301 g/mol. The van der Waals surface area contributed by atoms with E-state index in [1.807, 2.05) is 0 Å². The Balaban J connectivity index is 2.27. The van der Waals surface area contributed by atoms with Crippen LogP contribution in [0, 0.1) is 23.0 Å². The number of nitriles is 1. The average Bonchev–Trinajstić information content (AvgIpc) is 2.49. The number of nitrogens with zero attached hydrogens (tertiary/aromatic N) is 1. The first-order valence-corrected chi connectivity index (χ1v) is 6.49. The molecule has 0 radical (unpaired) electrons. The molecular formula is C16H13F2N3O. The number of amides is 1. The molecular weight excluding hydrogens is 288 g/mol. The van der Waals surface area contributed by atoms with Gasteiger partial charge in [-0.05, 0) is 11.6 Å². The van der Waals surface area contributed by atoms with Gasteiger partial charge >= 0.3 is 0 Å². The maximum atomic E-state index is 13.4. The lowest BCUT2D eigenvalue weighted by molar-refractivity contribution is -0.114. The third kappa shape index (κ3) is 3.58. The van der Waals surface area contributed by atoms with Crippen molar-refractivity contribution in [3.8, 4) is 6.07 Å². The second-order valence-electron chi connectivity index (χ2n) is 4.62. The largest absolute Gasteiger partial charge is 0.379 e. The van der Waals surface area contributed by atoms with E-state index in [9.17, 15) is 13.6 Å². The zero-order valence-electron chi connectivity index (χ0n) is 11.8. The van der Waals surface area contributed by atoms with Crippen LogP contribution in [0.4, 0.5) is 20.2 Å². The summed E-state index contributed by atoms with van der Waals surface area (Å²) >= 11 is 0. The predicted octanol–water partition coefficient (Wildman–Crippen LogP) is 3.41. The molecule has 0 aromatic heterocycles. The summed E-state index contributed by atoms with van der Waals surface area (Å²) in [6.07, 6.45) is 0. The molecule has 112 valence electrons. The van der Waals surface area contributed by atoms with Gasteiger partial charge in [-0.2, -0.15) is 5.26 Å². The first kappa shape index (κ1) is 15.4. The molecule has 2 aromatic carbocycles. The lowest BCUT2D eigenvalue weighted by atomic mass is 10.1. The summed E-state index contributed by atoms with van der Waals surface area (Å²) in [6.45, 7) is 1.51. The highest BCUT2D eigenvalue weighted by molar-refractivity contribution is 5.92. The third-order valence-electron chi connectivity index (χ3n) is 2.98. The van der Waals surface area contributed by atoms with Gasteiger partial charge in [0.15, 0.2) is 11.6 Å². The van der Waals surface area contributed by atoms with Gasteiger partial charge in [-0.25, -0.2) is 8.78 Å². The summed E-state index contributed by atoms with van der Waals surface area (Å²) < 4.78 is 26.7. The van der Waals surface area contributed by atoms with E-state index in [0.29, 0.717) is 11.1 Å². The molecule has 22 heavy (non-hydrogen) atoms. The van der Waals surface area contributed by atoms with Crippen LogP contribution in [0.1, 0.15) is 18.1 Å². The Hall–Kier alpha value is -2.94. The van der Waals surface area contributed by atoms with Crippen LogP contribution in [0.5, 0.6) is 0 Å². The molecule has 0 fully saturated rings. The summed E-state index contributed by atoms with van der Waals surface area (Å²) in [5.74, 6) is -2.47. The number of carbonyl (C=O) groups excluding carboxylic acids is 1. The fourth-order valence-electron chi connectivity index (χ4n) is 1.96. The molecule has 1 amide bonds. The van der Waals surface area contributed by atoms with Gasteiger partial charge in [-0.1, -0.05) is 18.2 Å². The summed E-state index contributed by atoms with van der Waals surface area (Å²) in [5, 5.41) is 14.4. The molecule has 0 atom stereocenters. The van der Waals surface area contributed by atoms with E-state index in [-0.39, 0.29) is 17.9 Å². The van der Waals surface area contributed by atoms with E-state index in [2.05, 4.69) is 16.7 Å². The quantitative estimate of drug-likeness (QED) is 0.909. The molecule has 0 aliphatic heterocycles. The average molecular weight is 301 g/mol. The van der Waals surface area contributed by atoms with Gasteiger partial charge in [0, 0.05) is 25.6 Å². The zero-order valence-corrected chi connectivity index (χ0v) is 11.8. The number of halogens is 2. The van der Waals surface area contributed by atoms with Crippen LogP contribution in [0.2, 0.25) is 0 Å². The highest BCUT2D eigenvalue weighted by Gasteiger charge is 2.11. The SMILES string of the molecule is CC(=O)Nc1cc(F)c(F)cc1NCc1ccccc1C#N. The Kier molecular flexibility index (Phi) is 4.69. The normalized spacial score (nSPS) is 9.91. The topological polar surface area (TPSA) is 64.9 Å². The van der Waals surface area contributed by atoms with Gasteiger partial charge in [0.2, 0.25) is 5.91 Å². The summed E-state index contributed by atoms with van der Waals surface area (Å²) in [4.78, 5) is 11.1. The van der Waals surface area contributed by atoms with Crippen molar-refractivity contribution in [2.45, 2.75) is 13.5 Å². The molecule has 0 bridgehead atoms. The van der Waals surface area contributed by atoms with Crippen LogP contribution in [-0.2, 0) is 11.3 Å². The number of benzene rings is 2. The van der Waals surface area contributed by atoms with E-state index in [1.54, 1.807) is 24.3 Å². The van der Waals surface area contributed by atoms with E-state index >= 15 is 0 Å². The van der Waals surface area contributed by atoms with Crippen LogP contribution in [0.15, 0.2) is 36.4 Å². The van der Waals surface area contributed by atoms with Crippen molar-refractivity contribution in [2.24, 2.45) is 0 Å². The second kappa shape index (κ2) is 6.68. The minimum atomic E-state index is -1.05. The van der Waals surface area contributed by atoms with Crippen LogP contribution < -0.4 is 10.6 Å². The van der Waals surface area contributed by atoms with Gasteiger partial charge in [0.05, 0.1) is 23.0 Å². The Morgan fingerprint density at radius 2 is 1.82 bits per heavy atom. The lowest BCUT2D eigenvalue weighted by Crippen LogP contribution is -2.11. The van der Waals surface area contributed by atoms with E-state index in [4.69, 9.17) is 5.26 Å².